The molecule has 1 N–H and O–H groups in total. The first-order valence-corrected chi connectivity index (χ1v) is 9.94. The van der Waals surface area contributed by atoms with E-state index < -0.39 is 17.7 Å². The van der Waals surface area contributed by atoms with E-state index in [1.165, 1.54) is 19.1 Å². The topological polar surface area (TPSA) is 92.2 Å². The maximum atomic E-state index is 13.0. The highest BCUT2D eigenvalue weighted by atomic mass is 16.5. The van der Waals surface area contributed by atoms with Crippen LogP contribution in [-0.4, -0.2) is 73.0 Å². The SMILES string of the molecule is COc1ccc(C(O)=C2C(=O)C(=O)N(CCCN(C)C)C2c2ccncc2)c(OC)c1. The summed E-state index contributed by atoms with van der Waals surface area (Å²) in [4.78, 5) is 33.5. The molecule has 0 spiro atoms. The van der Waals surface area contributed by atoms with E-state index in [0.717, 1.165) is 6.54 Å². The van der Waals surface area contributed by atoms with Crippen LogP contribution in [0.25, 0.3) is 5.76 Å². The van der Waals surface area contributed by atoms with E-state index in [1.807, 2.05) is 19.0 Å². The normalized spacial score (nSPS) is 18.0. The van der Waals surface area contributed by atoms with Crippen LogP contribution in [-0.2, 0) is 9.59 Å². The molecule has 1 amide bonds. The Morgan fingerprint density at radius 1 is 1.13 bits per heavy atom. The minimum absolute atomic E-state index is 0.0320. The molecule has 8 nitrogen and oxygen atoms in total. The third kappa shape index (κ3) is 4.54. The van der Waals surface area contributed by atoms with Crippen molar-refractivity contribution in [3.8, 4) is 11.5 Å². The number of ketones is 1. The van der Waals surface area contributed by atoms with Crippen LogP contribution in [0.5, 0.6) is 11.5 Å². The maximum Gasteiger partial charge on any atom is 0.295 e. The Labute approximate surface area is 181 Å². The van der Waals surface area contributed by atoms with Gasteiger partial charge in [0.25, 0.3) is 11.7 Å². The summed E-state index contributed by atoms with van der Waals surface area (Å²) in [6, 6.07) is 7.66. The number of amides is 1. The Morgan fingerprint density at radius 3 is 2.45 bits per heavy atom. The summed E-state index contributed by atoms with van der Waals surface area (Å²) in [5.74, 6) is -0.751. The molecule has 164 valence electrons. The molecule has 1 fully saturated rings. The van der Waals surface area contributed by atoms with Crippen molar-refractivity contribution in [2.24, 2.45) is 0 Å². The summed E-state index contributed by atoms with van der Waals surface area (Å²) in [5, 5.41) is 11.2. The summed E-state index contributed by atoms with van der Waals surface area (Å²) >= 11 is 0. The fourth-order valence-electron chi connectivity index (χ4n) is 3.70. The molecular weight excluding hydrogens is 398 g/mol. The van der Waals surface area contributed by atoms with Crippen molar-refractivity contribution in [3.05, 3.63) is 59.4 Å². The number of hydrogen-bond acceptors (Lipinski definition) is 7. The number of carbonyl (C=O) groups excluding carboxylic acids is 2. The quantitative estimate of drug-likeness (QED) is 0.395. The van der Waals surface area contributed by atoms with Crippen LogP contribution in [0.4, 0.5) is 0 Å². The Bertz CT molecular complexity index is 988. The van der Waals surface area contributed by atoms with Crippen molar-refractivity contribution in [1.82, 2.24) is 14.8 Å². The molecule has 1 saturated heterocycles. The van der Waals surface area contributed by atoms with Gasteiger partial charge in [-0.2, -0.15) is 0 Å². The molecule has 2 aromatic rings. The zero-order valence-electron chi connectivity index (χ0n) is 18.2. The monoisotopic (exact) mass is 425 g/mol. The Morgan fingerprint density at radius 2 is 1.84 bits per heavy atom. The predicted molar refractivity (Wildman–Crippen MR) is 116 cm³/mol. The summed E-state index contributed by atoms with van der Waals surface area (Å²) in [6.07, 6.45) is 3.89. The van der Waals surface area contributed by atoms with Crippen LogP contribution < -0.4 is 9.47 Å². The second-order valence-corrected chi connectivity index (χ2v) is 7.50. The van der Waals surface area contributed by atoms with Crippen molar-refractivity contribution < 1.29 is 24.2 Å². The molecule has 1 aromatic carbocycles. The first kappa shape index (κ1) is 22.3. The van der Waals surface area contributed by atoms with Gasteiger partial charge in [0, 0.05) is 25.0 Å². The average molecular weight is 425 g/mol. The molecule has 31 heavy (non-hydrogen) atoms. The number of aliphatic hydroxyl groups excluding tert-OH is 1. The van der Waals surface area contributed by atoms with E-state index in [0.29, 0.717) is 35.6 Å². The van der Waals surface area contributed by atoms with Gasteiger partial charge in [0.15, 0.2) is 0 Å². The number of likely N-dealkylation sites (tertiary alicyclic amines) is 1. The highest BCUT2D eigenvalue weighted by Gasteiger charge is 2.46. The average Bonchev–Trinajstić information content (AvgIpc) is 3.03. The molecule has 1 aromatic heterocycles. The Balaban J connectivity index is 2.12. The number of nitrogens with zero attached hydrogens (tertiary/aromatic N) is 3. The minimum atomic E-state index is -0.720. The number of pyridine rings is 1. The van der Waals surface area contributed by atoms with Crippen molar-refractivity contribution in [1.29, 1.82) is 0 Å². The van der Waals surface area contributed by atoms with E-state index in [9.17, 15) is 14.7 Å². The fraction of sp³-hybridized carbons (Fsp3) is 0.348. The maximum absolute atomic E-state index is 13.0. The minimum Gasteiger partial charge on any atom is -0.507 e. The standard InChI is InChI=1S/C23H27N3O5/c1-25(2)12-5-13-26-20(15-8-10-24-11-9-15)19(22(28)23(26)29)21(27)17-7-6-16(30-3)14-18(17)31-4/h6-11,14,20,27H,5,12-13H2,1-4H3. The molecule has 1 aliphatic rings. The fourth-order valence-corrected chi connectivity index (χ4v) is 3.70. The molecule has 8 heteroatoms. The smallest absolute Gasteiger partial charge is 0.295 e. The highest BCUT2D eigenvalue weighted by Crippen LogP contribution is 2.41. The predicted octanol–water partition coefficient (Wildman–Crippen LogP) is 2.47. The molecule has 0 bridgehead atoms. The van der Waals surface area contributed by atoms with Crippen molar-refractivity contribution >= 4 is 17.4 Å². The van der Waals surface area contributed by atoms with E-state index in [-0.39, 0.29) is 11.3 Å². The highest BCUT2D eigenvalue weighted by molar-refractivity contribution is 6.46. The van der Waals surface area contributed by atoms with Crippen molar-refractivity contribution in [3.63, 3.8) is 0 Å². The van der Waals surface area contributed by atoms with Crippen LogP contribution in [0.2, 0.25) is 0 Å². The second-order valence-electron chi connectivity index (χ2n) is 7.50. The van der Waals surface area contributed by atoms with E-state index >= 15 is 0 Å². The number of hydrogen-bond donors (Lipinski definition) is 1. The molecule has 0 saturated carbocycles. The first-order chi connectivity index (χ1) is 14.9. The van der Waals surface area contributed by atoms with E-state index in [2.05, 4.69) is 4.98 Å². The van der Waals surface area contributed by atoms with Gasteiger partial charge in [0.05, 0.1) is 31.4 Å². The lowest BCUT2D eigenvalue weighted by atomic mass is 9.95. The zero-order chi connectivity index (χ0) is 22.5. The van der Waals surface area contributed by atoms with Gasteiger partial charge < -0.3 is 24.4 Å². The lowest BCUT2D eigenvalue weighted by Crippen LogP contribution is -2.32. The van der Waals surface area contributed by atoms with Gasteiger partial charge >= 0.3 is 0 Å². The molecule has 0 radical (unpaired) electrons. The van der Waals surface area contributed by atoms with Gasteiger partial charge in [-0.05, 0) is 56.9 Å². The summed E-state index contributed by atoms with van der Waals surface area (Å²) in [6.45, 7) is 1.14. The van der Waals surface area contributed by atoms with Crippen molar-refractivity contribution in [2.75, 3.05) is 41.4 Å². The molecule has 1 unspecified atom stereocenters. The van der Waals surface area contributed by atoms with Crippen molar-refractivity contribution in [2.45, 2.75) is 12.5 Å². The van der Waals surface area contributed by atoms with Gasteiger partial charge in [0.2, 0.25) is 0 Å². The number of ether oxygens (including phenoxy) is 2. The van der Waals surface area contributed by atoms with Gasteiger partial charge in [-0.1, -0.05) is 0 Å². The van der Waals surface area contributed by atoms with Gasteiger partial charge in [-0.25, -0.2) is 0 Å². The summed E-state index contributed by atoms with van der Waals surface area (Å²) in [5.41, 5.74) is 1.05. The number of aliphatic hydroxyl groups is 1. The summed E-state index contributed by atoms with van der Waals surface area (Å²) in [7, 11) is 6.89. The van der Waals surface area contributed by atoms with Gasteiger partial charge in [-0.15, -0.1) is 0 Å². The molecule has 1 aliphatic heterocycles. The van der Waals surface area contributed by atoms with Crippen LogP contribution in [0.3, 0.4) is 0 Å². The van der Waals surface area contributed by atoms with Crippen LogP contribution >= 0.6 is 0 Å². The second kappa shape index (κ2) is 9.61. The number of methoxy groups -OCH3 is 2. The van der Waals surface area contributed by atoms with Crippen LogP contribution in [0, 0.1) is 0 Å². The largest absolute Gasteiger partial charge is 0.507 e. The molecule has 2 heterocycles. The van der Waals surface area contributed by atoms with Crippen LogP contribution in [0.1, 0.15) is 23.6 Å². The number of carbonyl (C=O) groups is 2. The van der Waals surface area contributed by atoms with E-state index in [4.69, 9.17) is 9.47 Å². The van der Waals surface area contributed by atoms with Gasteiger partial charge in [-0.3, -0.25) is 14.6 Å². The third-order valence-electron chi connectivity index (χ3n) is 5.23. The molecule has 3 rings (SSSR count). The third-order valence-corrected chi connectivity index (χ3v) is 5.23. The molecule has 0 aliphatic carbocycles. The molecule has 1 atom stereocenters. The Kier molecular flexibility index (Phi) is 6.91. The Hall–Kier alpha value is -3.39. The number of Topliss-reactive ketones (excluding diaryl/α,β-unsaturated/α-hetero) is 1. The van der Waals surface area contributed by atoms with Gasteiger partial charge in [0.1, 0.15) is 17.3 Å². The lowest BCUT2D eigenvalue weighted by Gasteiger charge is -2.26. The number of benzene rings is 1. The van der Waals surface area contributed by atoms with Crippen LogP contribution in [0.15, 0.2) is 48.3 Å². The summed E-state index contributed by atoms with van der Waals surface area (Å²) < 4.78 is 10.6. The zero-order valence-corrected chi connectivity index (χ0v) is 18.2. The number of aromatic nitrogens is 1. The van der Waals surface area contributed by atoms with E-state index in [1.54, 1.807) is 42.7 Å². The number of rotatable bonds is 8. The molecular formula is C23H27N3O5. The lowest BCUT2D eigenvalue weighted by molar-refractivity contribution is -0.139. The first-order valence-electron chi connectivity index (χ1n) is 9.94.